The molecule has 0 aliphatic heterocycles. The van der Waals surface area contributed by atoms with E-state index in [1.165, 1.54) is 23.2 Å². The summed E-state index contributed by atoms with van der Waals surface area (Å²) in [7, 11) is 2.83. The first-order valence-corrected chi connectivity index (χ1v) is 5.79. The number of carboxylic acids is 1. The lowest BCUT2D eigenvalue weighted by Gasteiger charge is -2.08. The molecule has 2 aromatic heterocycles. The van der Waals surface area contributed by atoms with Crippen molar-refractivity contribution in [1.82, 2.24) is 18.7 Å². The van der Waals surface area contributed by atoms with Gasteiger partial charge in [0.05, 0.1) is 0 Å². The standard InChI is InChI=1S/C11H14N4O4/c1-4-5-15-7(10(17)18)12-6-8(15)13(2)11(19)14(3)9(6)16/h4-5H2,1-3H3,(H,17,18). The van der Waals surface area contributed by atoms with Crippen LogP contribution in [0.5, 0.6) is 0 Å². The molecule has 0 spiro atoms. The van der Waals surface area contributed by atoms with Gasteiger partial charge in [-0.2, -0.15) is 0 Å². The highest BCUT2D eigenvalue weighted by Crippen LogP contribution is 2.12. The fourth-order valence-corrected chi connectivity index (χ4v) is 2.09. The molecule has 0 unspecified atom stereocenters. The van der Waals surface area contributed by atoms with Crippen LogP contribution in [-0.2, 0) is 20.6 Å². The van der Waals surface area contributed by atoms with E-state index < -0.39 is 17.2 Å². The molecule has 2 rings (SSSR count). The van der Waals surface area contributed by atoms with Crippen molar-refractivity contribution in [3.8, 4) is 0 Å². The molecule has 0 radical (unpaired) electrons. The molecule has 8 nitrogen and oxygen atoms in total. The van der Waals surface area contributed by atoms with Gasteiger partial charge >= 0.3 is 11.7 Å². The third-order valence-electron chi connectivity index (χ3n) is 2.98. The van der Waals surface area contributed by atoms with Crippen LogP contribution in [0.15, 0.2) is 9.59 Å². The number of aromatic nitrogens is 4. The number of hydrogen-bond donors (Lipinski definition) is 1. The van der Waals surface area contributed by atoms with Gasteiger partial charge in [-0.25, -0.2) is 14.6 Å². The van der Waals surface area contributed by atoms with Crippen molar-refractivity contribution in [2.45, 2.75) is 19.9 Å². The summed E-state index contributed by atoms with van der Waals surface area (Å²) in [6.07, 6.45) is 0.662. The fourth-order valence-electron chi connectivity index (χ4n) is 2.09. The van der Waals surface area contributed by atoms with E-state index in [1.54, 1.807) is 0 Å². The summed E-state index contributed by atoms with van der Waals surface area (Å²) in [4.78, 5) is 38.9. The van der Waals surface area contributed by atoms with Gasteiger partial charge in [0.1, 0.15) is 0 Å². The number of carbonyl (C=O) groups is 1. The number of nitrogens with zero attached hydrogens (tertiary/aromatic N) is 4. The van der Waals surface area contributed by atoms with E-state index in [2.05, 4.69) is 4.98 Å². The average molecular weight is 266 g/mol. The van der Waals surface area contributed by atoms with E-state index in [-0.39, 0.29) is 17.0 Å². The summed E-state index contributed by atoms with van der Waals surface area (Å²) in [5, 5.41) is 9.13. The van der Waals surface area contributed by atoms with Gasteiger partial charge in [0.25, 0.3) is 5.56 Å². The predicted octanol–water partition coefficient (Wildman–Crippen LogP) is -0.458. The van der Waals surface area contributed by atoms with E-state index >= 15 is 0 Å². The highest BCUT2D eigenvalue weighted by Gasteiger charge is 2.21. The number of hydrogen-bond acceptors (Lipinski definition) is 4. The van der Waals surface area contributed by atoms with Crippen LogP contribution in [0.1, 0.15) is 24.0 Å². The summed E-state index contributed by atoms with van der Waals surface area (Å²) in [5.74, 6) is -1.45. The van der Waals surface area contributed by atoms with Gasteiger partial charge in [0.15, 0.2) is 11.2 Å². The summed E-state index contributed by atoms with van der Waals surface area (Å²) in [6, 6.07) is 0. The van der Waals surface area contributed by atoms with Crippen molar-refractivity contribution in [2.24, 2.45) is 14.1 Å². The first kappa shape index (κ1) is 13.1. The predicted molar refractivity (Wildman–Crippen MR) is 67.5 cm³/mol. The molecule has 0 aliphatic rings. The second kappa shape index (κ2) is 4.38. The van der Waals surface area contributed by atoms with E-state index in [4.69, 9.17) is 5.11 Å². The van der Waals surface area contributed by atoms with Crippen LogP contribution in [0.3, 0.4) is 0 Å². The number of aryl methyl sites for hydroxylation is 2. The maximum absolute atomic E-state index is 12.0. The monoisotopic (exact) mass is 266 g/mol. The zero-order chi connectivity index (χ0) is 14.3. The normalized spacial score (nSPS) is 11.1. The maximum Gasteiger partial charge on any atom is 0.372 e. The Kier molecular flexibility index (Phi) is 3.01. The minimum absolute atomic E-state index is 0.00421. The Morgan fingerprint density at radius 2 is 1.89 bits per heavy atom. The molecule has 0 saturated heterocycles. The van der Waals surface area contributed by atoms with Crippen LogP contribution in [0.2, 0.25) is 0 Å². The van der Waals surface area contributed by atoms with Crippen LogP contribution in [0.4, 0.5) is 0 Å². The average Bonchev–Trinajstić information content (AvgIpc) is 2.74. The topological polar surface area (TPSA) is 99.1 Å². The summed E-state index contributed by atoms with van der Waals surface area (Å²) in [5.41, 5.74) is -0.857. The molecule has 0 aliphatic carbocycles. The van der Waals surface area contributed by atoms with Crippen LogP contribution >= 0.6 is 0 Å². The van der Waals surface area contributed by atoms with E-state index in [0.29, 0.717) is 13.0 Å². The van der Waals surface area contributed by atoms with Crippen molar-refractivity contribution in [2.75, 3.05) is 0 Å². The first-order valence-electron chi connectivity index (χ1n) is 5.79. The minimum atomic E-state index is -1.22. The molecule has 102 valence electrons. The van der Waals surface area contributed by atoms with E-state index in [9.17, 15) is 14.4 Å². The maximum atomic E-state index is 12.0. The molecule has 0 atom stereocenters. The van der Waals surface area contributed by atoms with Crippen molar-refractivity contribution in [1.29, 1.82) is 0 Å². The number of aromatic carboxylic acids is 1. The number of imidazole rings is 1. The van der Waals surface area contributed by atoms with Gasteiger partial charge in [0.2, 0.25) is 5.82 Å². The third kappa shape index (κ3) is 1.76. The van der Waals surface area contributed by atoms with Gasteiger partial charge in [-0.3, -0.25) is 13.9 Å². The SMILES string of the molecule is CCCn1c(C(=O)O)nc2c(=O)n(C)c(=O)n(C)c21. The molecule has 0 bridgehead atoms. The second-order valence-corrected chi connectivity index (χ2v) is 4.27. The van der Waals surface area contributed by atoms with Crippen molar-refractivity contribution < 1.29 is 9.90 Å². The highest BCUT2D eigenvalue weighted by molar-refractivity contribution is 5.88. The first-order chi connectivity index (χ1) is 8.90. The zero-order valence-electron chi connectivity index (χ0n) is 10.9. The van der Waals surface area contributed by atoms with E-state index in [1.807, 2.05) is 6.92 Å². The molecule has 0 amide bonds. The Morgan fingerprint density at radius 1 is 1.26 bits per heavy atom. The molecule has 0 fully saturated rings. The molecule has 19 heavy (non-hydrogen) atoms. The van der Waals surface area contributed by atoms with Gasteiger partial charge in [-0.05, 0) is 6.42 Å². The molecule has 2 heterocycles. The number of carboxylic acid groups (broad SMARTS) is 1. The Balaban J connectivity index is 3.05. The van der Waals surface area contributed by atoms with Crippen molar-refractivity contribution >= 4 is 17.1 Å². The molecule has 0 saturated carbocycles. The minimum Gasteiger partial charge on any atom is -0.475 e. The Hall–Kier alpha value is -2.38. The summed E-state index contributed by atoms with van der Waals surface area (Å²) < 4.78 is 3.55. The lowest BCUT2D eigenvalue weighted by molar-refractivity contribution is 0.0678. The molecule has 0 aromatic carbocycles. The second-order valence-electron chi connectivity index (χ2n) is 4.27. The van der Waals surface area contributed by atoms with Crippen molar-refractivity contribution in [3.63, 3.8) is 0 Å². The molecule has 8 heteroatoms. The molecule has 1 N–H and O–H groups in total. The zero-order valence-corrected chi connectivity index (χ0v) is 10.9. The molecular formula is C11H14N4O4. The van der Waals surface area contributed by atoms with Crippen LogP contribution < -0.4 is 11.2 Å². The van der Waals surface area contributed by atoms with Crippen LogP contribution in [-0.4, -0.2) is 29.8 Å². The van der Waals surface area contributed by atoms with Crippen LogP contribution in [0, 0.1) is 0 Å². The highest BCUT2D eigenvalue weighted by atomic mass is 16.4. The fraction of sp³-hybridized carbons (Fsp3) is 0.455. The Bertz CT molecular complexity index is 781. The van der Waals surface area contributed by atoms with E-state index in [0.717, 1.165) is 4.57 Å². The molecule has 2 aromatic rings. The summed E-state index contributed by atoms with van der Waals surface area (Å²) >= 11 is 0. The van der Waals surface area contributed by atoms with Gasteiger partial charge < -0.3 is 9.67 Å². The largest absolute Gasteiger partial charge is 0.475 e. The summed E-state index contributed by atoms with van der Waals surface area (Å²) in [6.45, 7) is 2.25. The van der Waals surface area contributed by atoms with Gasteiger partial charge in [-0.15, -0.1) is 0 Å². The van der Waals surface area contributed by atoms with Crippen LogP contribution in [0.25, 0.3) is 11.2 Å². The van der Waals surface area contributed by atoms with Gasteiger partial charge in [0, 0.05) is 20.6 Å². The number of rotatable bonds is 3. The lowest BCUT2D eigenvalue weighted by atomic mass is 10.4. The smallest absolute Gasteiger partial charge is 0.372 e. The van der Waals surface area contributed by atoms with Crippen molar-refractivity contribution in [3.05, 3.63) is 26.7 Å². The number of fused-ring (bicyclic) bond motifs is 1. The van der Waals surface area contributed by atoms with Gasteiger partial charge in [-0.1, -0.05) is 6.92 Å². The Morgan fingerprint density at radius 3 is 2.42 bits per heavy atom. The lowest BCUT2D eigenvalue weighted by Crippen LogP contribution is -2.37. The quantitative estimate of drug-likeness (QED) is 0.810. The molecular weight excluding hydrogens is 252 g/mol. The third-order valence-corrected chi connectivity index (χ3v) is 2.98. The Labute approximate surface area is 107 Å².